The summed E-state index contributed by atoms with van der Waals surface area (Å²) in [6.45, 7) is 11.5. The van der Waals surface area contributed by atoms with Crippen LogP contribution in [0.1, 0.15) is 37.6 Å². The third kappa shape index (κ3) is 2.33. The molecule has 90 valence electrons. The highest BCUT2D eigenvalue weighted by molar-refractivity contribution is 7.10. The Hall–Kier alpha value is -0.340. The standard InChI is InChI=1S/C14H23NS/c1-10(2)8-15-9-12-7-14(12,4)13-11(3)5-6-16-13/h5-6,10,12,15H,7-9H2,1-4H3. The van der Waals surface area contributed by atoms with Crippen molar-refractivity contribution in [3.63, 3.8) is 0 Å². The molecule has 1 aliphatic carbocycles. The van der Waals surface area contributed by atoms with E-state index in [2.05, 4.69) is 44.5 Å². The lowest BCUT2D eigenvalue weighted by Crippen LogP contribution is -2.24. The predicted octanol–water partition coefficient (Wildman–Crippen LogP) is 3.58. The van der Waals surface area contributed by atoms with E-state index in [0.29, 0.717) is 5.41 Å². The highest BCUT2D eigenvalue weighted by atomic mass is 32.1. The molecule has 1 aromatic rings. The summed E-state index contributed by atoms with van der Waals surface area (Å²) < 4.78 is 0. The largest absolute Gasteiger partial charge is 0.316 e. The van der Waals surface area contributed by atoms with Gasteiger partial charge in [-0.05, 0) is 55.3 Å². The number of aryl methyl sites for hydroxylation is 1. The maximum absolute atomic E-state index is 3.59. The zero-order valence-corrected chi connectivity index (χ0v) is 11.7. The fourth-order valence-electron chi connectivity index (χ4n) is 2.53. The molecule has 1 fully saturated rings. The van der Waals surface area contributed by atoms with Gasteiger partial charge in [0.1, 0.15) is 0 Å². The highest BCUT2D eigenvalue weighted by Crippen LogP contribution is 2.55. The summed E-state index contributed by atoms with van der Waals surface area (Å²) in [6.07, 6.45) is 1.36. The third-order valence-electron chi connectivity index (χ3n) is 3.74. The van der Waals surface area contributed by atoms with Gasteiger partial charge in [0.05, 0.1) is 0 Å². The summed E-state index contributed by atoms with van der Waals surface area (Å²) in [4.78, 5) is 1.61. The number of hydrogen-bond donors (Lipinski definition) is 1. The van der Waals surface area contributed by atoms with E-state index in [1.807, 2.05) is 11.3 Å². The second-order valence-electron chi connectivity index (χ2n) is 5.80. The van der Waals surface area contributed by atoms with Gasteiger partial charge in [-0.15, -0.1) is 11.3 Å². The van der Waals surface area contributed by atoms with Crippen LogP contribution in [-0.2, 0) is 5.41 Å². The topological polar surface area (TPSA) is 12.0 Å². The first-order valence-corrected chi connectivity index (χ1v) is 7.17. The lowest BCUT2D eigenvalue weighted by molar-refractivity contribution is 0.516. The van der Waals surface area contributed by atoms with Crippen molar-refractivity contribution >= 4 is 11.3 Å². The molecule has 1 saturated carbocycles. The van der Waals surface area contributed by atoms with Crippen LogP contribution in [-0.4, -0.2) is 13.1 Å². The minimum Gasteiger partial charge on any atom is -0.316 e. The van der Waals surface area contributed by atoms with Crippen LogP contribution in [0.25, 0.3) is 0 Å². The van der Waals surface area contributed by atoms with E-state index < -0.39 is 0 Å². The number of hydrogen-bond acceptors (Lipinski definition) is 2. The first kappa shape index (κ1) is 12.1. The van der Waals surface area contributed by atoms with Crippen LogP contribution in [0.15, 0.2) is 11.4 Å². The van der Waals surface area contributed by atoms with E-state index in [0.717, 1.165) is 18.4 Å². The fourth-order valence-corrected chi connectivity index (χ4v) is 3.71. The Morgan fingerprint density at radius 1 is 1.56 bits per heavy atom. The molecule has 1 aromatic heterocycles. The van der Waals surface area contributed by atoms with Gasteiger partial charge in [-0.25, -0.2) is 0 Å². The van der Waals surface area contributed by atoms with E-state index in [1.54, 1.807) is 4.88 Å². The third-order valence-corrected chi connectivity index (χ3v) is 5.03. The molecule has 1 N–H and O–H groups in total. The Morgan fingerprint density at radius 3 is 2.88 bits per heavy atom. The van der Waals surface area contributed by atoms with Crippen molar-refractivity contribution in [3.8, 4) is 0 Å². The van der Waals surface area contributed by atoms with Crippen molar-refractivity contribution in [2.24, 2.45) is 11.8 Å². The van der Waals surface area contributed by atoms with Crippen LogP contribution in [0.4, 0.5) is 0 Å². The second kappa shape index (κ2) is 4.50. The zero-order valence-electron chi connectivity index (χ0n) is 10.8. The van der Waals surface area contributed by atoms with E-state index in [9.17, 15) is 0 Å². The lowest BCUT2D eigenvalue weighted by Gasteiger charge is -2.12. The average Bonchev–Trinajstić information content (AvgIpc) is 2.66. The van der Waals surface area contributed by atoms with Crippen molar-refractivity contribution in [3.05, 3.63) is 21.9 Å². The molecule has 0 amide bonds. The molecule has 0 aromatic carbocycles. The molecule has 1 nitrogen and oxygen atoms in total. The lowest BCUT2D eigenvalue weighted by atomic mass is 10.0. The van der Waals surface area contributed by atoms with Crippen molar-refractivity contribution < 1.29 is 0 Å². The molecule has 0 spiro atoms. The van der Waals surface area contributed by atoms with Gasteiger partial charge in [-0.1, -0.05) is 20.8 Å². The smallest absolute Gasteiger partial charge is 0.0137 e. The zero-order chi connectivity index (χ0) is 11.8. The number of thiophene rings is 1. The van der Waals surface area contributed by atoms with Crippen LogP contribution < -0.4 is 5.32 Å². The SMILES string of the molecule is Cc1ccsc1C1(C)CC1CNCC(C)C. The Bertz CT molecular complexity index is 355. The minimum absolute atomic E-state index is 0.474. The summed E-state index contributed by atoms with van der Waals surface area (Å²) in [6, 6.07) is 2.25. The molecular weight excluding hydrogens is 214 g/mol. The summed E-state index contributed by atoms with van der Waals surface area (Å²) in [5.74, 6) is 1.61. The number of rotatable bonds is 5. The van der Waals surface area contributed by atoms with Gasteiger partial charge in [0.2, 0.25) is 0 Å². The van der Waals surface area contributed by atoms with Crippen molar-refractivity contribution in [2.75, 3.05) is 13.1 Å². The molecule has 0 bridgehead atoms. The molecule has 2 heteroatoms. The average molecular weight is 237 g/mol. The Kier molecular flexibility index (Phi) is 3.41. The first-order valence-electron chi connectivity index (χ1n) is 6.29. The van der Waals surface area contributed by atoms with Crippen molar-refractivity contribution in [2.45, 2.75) is 39.5 Å². The Morgan fingerprint density at radius 2 is 2.31 bits per heavy atom. The predicted molar refractivity (Wildman–Crippen MR) is 72.2 cm³/mol. The van der Waals surface area contributed by atoms with Crippen LogP contribution >= 0.6 is 11.3 Å². The first-order chi connectivity index (χ1) is 7.54. The van der Waals surface area contributed by atoms with E-state index in [-0.39, 0.29) is 0 Å². The molecule has 2 unspecified atom stereocenters. The van der Waals surface area contributed by atoms with Gasteiger partial charge in [0.15, 0.2) is 0 Å². The van der Waals surface area contributed by atoms with Gasteiger partial charge >= 0.3 is 0 Å². The van der Waals surface area contributed by atoms with E-state index >= 15 is 0 Å². The van der Waals surface area contributed by atoms with Crippen LogP contribution in [0.2, 0.25) is 0 Å². The van der Waals surface area contributed by atoms with Gasteiger partial charge in [0.25, 0.3) is 0 Å². The molecule has 0 saturated heterocycles. The molecular formula is C14H23NS. The van der Waals surface area contributed by atoms with Gasteiger partial charge in [0, 0.05) is 10.3 Å². The van der Waals surface area contributed by atoms with Gasteiger partial charge in [-0.3, -0.25) is 0 Å². The quantitative estimate of drug-likeness (QED) is 0.825. The van der Waals surface area contributed by atoms with Crippen LogP contribution in [0.3, 0.4) is 0 Å². The molecule has 1 aliphatic rings. The summed E-state index contributed by atoms with van der Waals surface area (Å²) in [7, 11) is 0. The summed E-state index contributed by atoms with van der Waals surface area (Å²) >= 11 is 1.93. The second-order valence-corrected chi connectivity index (χ2v) is 6.72. The van der Waals surface area contributed by atoms with E-state index in [1.165, 1.54) is 18.5 Å². The fraction of sp³-hybridized carbons (Fsp3) is 0.714. The maximum atomic E-state index is 3.59. The van der Waals surface area contributed by atoms with Crippen molar-refractivity contribution in [1.82, 2.24) is 5.32 Å². The van der Waals surface area contributed by atoms with Gasteiger partial charge in [-0.2, -0.15) is 0 Å². The molecule has 1 heterocycles. The number of nitrogens with one attached hydrogen (secondary N) is 1. The summed E-state index contributed by atoms with van der Waals surface area (Å²) in [5, 5.41) is 5.82. The van der Waals surface area contributed by atoms with Crippen LogP contribution in [0.5, 0.6) is 0 Å². The van der Waals surface area contributed by atoms with Crippen molar-refractivity contribution in [1.29, 1.82) is 0 Å². The molecule has 2 rings (SSSR count). The Labute approximate surface area is 103 Å². The normalized spacial score (nSPS) is 28.7. The molecule has 2 atom stereocenters. The van der Waals surface area contributed by atoms with Crippen LogP contribution in [0, 0.1) is 18.8 Å². The Balaban J connectivity index is 1.87. The van der Waals surface area contributed by atoms with Gasteiger partial charge < -0.3 is 5.32 Å². The summed E-state index contributed by atoms with van der Waals surface area (Å²) in [5.41, 5.74) is 1.96. The maximum Gasteiger partial charge on any atom is 0.0137 e. The minimum atomic E-state index is 0.474. The van der Waals surface area contributed by atoms with E-state index in [4.69, 9.17) is 0 Å². The molecule has 16 heavy (non-hydrogen) atoms. The molecule has 0 radical (unpaired) electrons. The highest BCUT2D eigenvalue weighted by Gasteiger charge is 2.51. The monoisotopic (exact) mass is 237 g/mol. The molecule has 0 aliphatic heterocycles.